The molecule has 4 nitrogen and oxygen atoms in total. The predicted octanol–water partition coefficient (Wildman–Crippen LogP) is 3.06. The Morgan fingerprint density at radius 1 is 1.37 bits per heavy atom. The van der Waals surface area contributed by atoms with Gasteiger partial charge in [0.25, 0.3) is 0 Å². The van der Waals surface area contributed by atoms with Crippen LogP contribution in [-0.2, 0) is 9.59 Å². The van der Waals surface area contributed by atoms with Gasteiger partial charge in [-0.3, -0.25) is 9.59 Å². The molecule has 1 rings (SSSR count). The van der Waals surface area contributed by atoms with E-state index in [0.717, 1.165) is 45.1 Å². The molecule has 1 fully saturated rings. The molecule has 0 aromatic heterocycles. The fourth-order valence-electron chi connectivity index (χ4n) is 2.80. The molecule has 0 radical (unpaired) electrons. The number of nitrogens with zero attached hydrogens (tertiary/aromatic N) is 1. The number of aliphatic carboxylic acids is 1. The summed E-state index contributed by atoms with van der Waals surface area (Å²) in [5, 5.41) is 8.79. The molecule has 2 unspecified atom stereocenters. The number of amides is 1. The maximum absolute atomic E-state index is 12.4. The van der Waals surface area contributed by atoms with Crippen LogP contribution in [0.2, 0.25) is 0 Å². The summed E-state index contributed by atoms with van der Waals surface area (Å²) in [4.78, 5) is 25.1. The summed E-state index contributed by atoms with van der Waals surface area (Å²) in [5.74, 6) is -0.467. The number of hydrogen-bond donors (Lipinski definition) is 1. The smallest absolute Gasteiger partial charge is 0.303 e. The summed E-state index contributed by atoms with van der Waals surface area (Å²) in [5.41, 5.74) is 0. The molecule has 1 amide bonds. The summed E-state index contributed by atoms with van der Waals surface area (Å²) in [7, 11) is 0. The Bertz CT molecular complexity index is 304. The van der Waals surface area contributed by atoms with Crippen molar-refractivity contribution in [1.82, 2.24) is 4.90 Å². The second-order valence-corrected chi connectivity index (χ2v) is 5.66. The molecule has 1 aliphatic rings. The molecule has 1 aliphatic heterocycles. The Morgan fingerprint density at radius 2 is 2.11 bits per heavy atom. The number of carbonyl (C=O) groups is 2. The molecule has 0 spiro atoms. The van der Waals surface area contributed by atoms with Crippen LogP contribution in [0.15, 0.2) is 0 Å². The highest BCUT2D eigenvalue weighted by molar-refractivity contribution is 5.79. The van der Waals surface area contributed by atoms with Gasteiger partial charge in [-0.05, 0) is 32.1 Å². The lowest BCUT2D eigenvalue weighted by Gasteiger charge is -2.37. The lowest BCUT2D eigenvalue weighted by molar-refractivity contribution is -0.142. The van der Waals surface area contributed by atoms with Crippen LogP contribution < -0.4 is 0 Å². The van der Waals surface area contributed by atoms with Gasteiger partial charge in [0.15, 0.2) is 0 Å². The average Bonchev–Trinajstić information content (AvgIpc) is 2.42. The van der Waals surface area contributed by atoms with Crippen LogP contribution in [-0.4, -0.2) is 34.5 Å². The van der Waals surface area contributed by atoms with Crippen molar-refractivity contribution in [2.45, 2.75) is 71.3 Å². The number of carboxylic acid groups (broad SMARTS) is 1. The summed E-state index contributed by atoms with van der Waals surface area (Å²) >= 11 is 0. The van der Waals surface area contributed by atoms with E-state index >= 15 is 0 Å². The Morgan fingerprint density at radius 3 is 2.74 bits per heavy atom. The summed E-state index contributed by atoms with van der Waals surface area (Å²) in [6.45, 7) is 4.94. The molecular formula is C15H27NO3. The molecule has 4 heteroatoms. The van der Waals surface area contributed by atoms with Crippen LogP contribution >= 0.6 is 0 Å². The Balaban J connectivity index is 2.54. The third-order valence-electron chi connectivity index (χ3n) is 4.01. The standard InChI is InChI=1S/C15H27NO3/c1-3-4-7-12(2)15(19)16-11-6-5-8-13(16)9-10-14(17)18/h12-13H,3-11H2,1-2H3,(H,17,18). The molecule has 0 saturated carbocycles. The highest BCUT2D eigenvalue weighted by Gasteiger charge is 2.29. The molecule has 1 N–H and O–H groups in total. The first-order chi connectivity index (χ1) is 9.06. The molecule has 110 valence electrons. The van der Waals surface area contributed by atoms with Crippen LogP contribution in [0.25, 0.3) is 0 Å². The van der Waals surface area contributed by atoms with Gasteiger partial charge in [-0.15, -0.1) is 0 Å². The Hall–Kier alpha value is -1.06. The molecule has 19 heavy (non-hydrogen) atoms. The summed E-state index contributed by atoms with van der Waals surface area (Å²) < 4.78 is 0. The van der Waals surface area contributed by atoms with E-state index in [9.17, 15) is 9.59 Å². The van der Waals surface area contributed by atoms with E-state index in [-0.39, 0.29) is 24.3 Å². The van der Waals surface area contributed by atoms with Crippen LogP contribution in [0.5, 0.6) is 0 Å². The van der Waals surface area contributed by atoms with E-state index in [1.165, 1.54) is 0 Å². The first kappa shape index (κ1) is 16.0. The third-order valence-corrected chi connectivity index (χ3v) is 4.01. The number of unbranched alkanes of at least 4 members (excludes halogenated alkanes) is 1. The van der Waals surface area contributed by atoms with Crippen molar-refractivity contribution in [3.05, 3.63) is 0 Å². The second kappa shape index (κ2) is 8.18. The minimum atomic E-state index is -0.767. The minimum Gasteiger partial charge on any atom is -0.481 e. The van der Waals surface area contributed by atoms with E-state index < -0.39 is 5.97 Å². The molecule has 1 saturated heterocycles. The van der Waals surface area contributed by atoms with E-state index in [0.29, 0.717) is 6.42 Å². The number of hydrogen-bond acceptors (Lipinski definition) is 2. The molecule has 0 aromatic carbocycles. The summed E-state index contributed by atoms with van der Waals surface area (Å²) in [6, 6.07) is 0.140. The zero-order chi connectivity index (χ0) is 14.3. The zero-order valence-electron chi connectivity index (χ0n) is 12.2. The molecule has 1 heterocycles. The van der Waals surface area contributed by atoms with Crippen molar-refractivity contribution >= 4 is 11.9 Å². The molecule has 0 aliphatic carbocycles. The maximum Gasteiger partial charge on any atom is 0.303 e. The summed E-state index contributed by atoms with van der Waals surface area (Å²) in [6.07, 6.45) is 7.02. The number of piperidine rings is 1. The monoisotopic (exact) mass is 269 g/mol. The van der Waals surface area contributed by atoms with Crippen molar-refractivity contribution in [3.8, 4) is 0 Å². The largest absolute Gasteiger partial charge is 0.481 e. The van der Waals surface area contributed by atoms with Gasteiger partial charge in [0, 0.05) is 24.9 Å². The number of carboxylic acids is 1. The molecular weight excluding hydrogens is 242 g/mol. The lowest BCUT2D eigenvalue weighted by Crippen LogP contribution is -2.46. The Kier molecular flexibility index (Phi) is 6.89. The topological polar surface area (TPSA) is 57.6 Å². The van der Waals surface area contributed by atoms with Gasteiger partial charge in [0.2, 0.25) is 5.91 Å². The van der Waals surface area contributed by atoms with E-state index in [1.807, 2.05) is 11.8 Å². The normalized spacial score (nSPS) is 21.2. The predicted molar refractivity (Wildman–Crippen MR) is 74.9 cm³/mol. The second-order valence-electron chi connectivity index (χ2n) is 5.66. The van der Waals surface area contributed by atoms with Gasteiger partial charge < -0.3 is 10.0 Å². The SMILES string of the molecule is CCCCC(C)C(=O)N1CCCCC1CCC(=O)O. The first-order valence-corrected chi connectivity index (χ1v) is 7.58. The average molecular weight is 269 g/mol. The van der Waals surface area contributed by atoms with Gasteiger partial charge >= 0.3 is 5.97 Å². The van der Waals surface area contributed by atoms with Crippen molar-refractivity contribution < 1.29 is 14.7 Å². The quantitative estimate of drug-likeness (QED) is 0.772. The molecule has 2 atom stereocenters. The van der Waals surface area contributed by atoms with Crippen LogP contribution in [0.1, 0.15) is 65.2 Å². The van der Waals surface area contributed by atoms with E-state index in [4.69, 9.17) is 5.11 Å². The molecule has 0 aromatic rings. The van der Waals surface area contributed by atoms with Gasteiger partial charge in [-0.25, -0.2) is 0 Å². The van der Waals surface area contributed by atoms with Crippen molar-refractivity contribution in [1.29, 1.82) is 0 Å². The van der Waals surface area contributed by atoms with E-state index in [1.54, 1.807) is 0 Å². The first-order valence-electron chi connectivity index (χ1n) is 7.58. The zero-order valence-corrected chi connectivity index (χ0v) is 12.2. The number of likely N-dealkylation sites (tertiary alicyclic amines) is 1. The van der Waals surface area contributed by atoms with Crippen molar-refractivity contribution in [2.24, 2.45) is 5.92 Å². The third kappa shape index (κ3) is 5.21. The number of carbonyl (C=O) groups excluding carboxylic acids is 1. The highest BCUT2D eigenvalue weighted by atomic mass is 16.4. The maximum atomic E-state index is 12.4. The van der Waals surface area contributed by atoms with Gasteiger partial charge in [0.1, 0.15) is 0 Å². The fourth-order valence-corrected chi connectivity index (χ4v) is 2.80. The van der Waals surface area contributed by atoms with Crippen molar-refractivity contribution in [2.75, 3.05) is 6.54 Å². The van der Waals surface area contributed by atoms with Gasteiger partial charge in [-0.1, -0.05) is 26.7 Å². The fraction of sp³-hybridized carbons (Fsp3) is 0.867. The van der Waals surface area contributed by atoms with Crippen LogP contribution in [0.4, 0.5) is 0 Å². The molecule has 0 bridgehead atoms. The van der Waals surface area contributed by atoms with E-state index in [2.05, 4.69) is 6.92 Å². The van der Waals surface area contributed by atoms with Crippen LogP contribution in [0, 0.1) is 5.92 Å². The van der Waals surface area contributed by atoms with Gasteiger partial charge in [-0.2, -0.15) is 0 Å². The lowest BCUT2D eigenvalue weighted by atomic mass is 9.94. The number of rotatable bonds is 7. The van der Waals surface area contributed by atoms with Crippen molar-refractivity contribution in [3.63, 3.8) is 0 Å². The van der Waals surface area contributed by atoms with Gasteiger partial charge in [0.05, 0.1) is 0 Å². The minimum absolute atomic E-state index is 0.0744. The Labute approximate surface area is 116 Å². The highest BCUT2D eigenvalue weighted by Crippen LogP contribution is 2.24. The van der Waals surface area contributed by atoms with Crippen LogP contribution in [0.3, 0.4) is 0 Å².